The number of nitrogens with zero attached hydrogens (tertiary/aromatic N) is 2. The summed E-state index contributed by atoms with van der Waals surface area (Å²) in [5.41, 5.74) is 0.209. The standard InChI is InChI=1S/C18H13ClF4N2O2/c19-14-8-12(20)3-1-10(14)9-25-16-7-11(18(21,22)23)2-4-13(16)15(24-25)5-6-17(26)27/h1-4,7-8H,5-6,9H2,(H,26,27). The van der Waals surface area contributed by atoms with Crippen molar-refractivity contribution in [2.45, 2.75) is 25.6 Å². The highest BCUT2D eigenvalue weighted by Crippen LogP contribution is 2.33. The van der Waals surface area contributed by atoms with E-state index in [0.717, 1.165) is 18.2 Å². The van der Waals surface area contributed by atoms with Crippen LogP contribution < -0.4 is 0 Å². The van der Waals surface area contributed by atoms with Gasteiger partial charge in [-0.25, -0.2) is 4.39 Å². The summed E-state index contributed by atoms with van der Waals surface area (Å²) in [6.07, 6.45) is -4.66. The van der Waals surface area contributed by atoms with E-state index in [1.807, 2.05) is 0 Å². The molecule has 0 saturated heterocycles. The minimum absolute atomic E-state index is 0.0179. The molecule has 4 nitrogen and oxygen atoms in total. The predicted molar refractivity (Wildman–Crippen MR) is 91.2 cm³/mol. The number of aryl methyl sites for hydroxylation is 1. The lowest BCUT2D eigenvalue weighted by atomic mass is 10.1. The number of alkyl halides is 3. The highest BCUT2D eigenvalue weighted by molar-refractivity contribution is 6.31. The van der Waals surface area contributed by atoms with Crippen LogP contribution in [0.1, 0.15) is 23.2 Å². The van der Waals surface area contributed by atoms with Crippen LogP contribution in [0.2, 0.25) is 5.02 Å². The Bertz CT molecular complexity index is 1010. The van der Waals surface area contributed by atoms with Gasteiger partial charge in [0.15, 0.2) is 0 Å². The van der Waals surface area contributed by atoms with Crippen molar-refractivity contribution < 1.29 is 27.5 Å². The SMILES string of the molecule is O=C(O)CCc1nn(Cc2ccc(F)cc2Cl)c2cc(C(F)(F)F)ccc12. The molecule has 0 amide bonds. The van der Waals surface area contributed by atoms with Crippen LogP contribution >= 0.6 is 11.6 Å². The number of fused-ring (bicyclic) bond motifs is 1. The van der Waals surface area contributed by atoms with Crippen LogP contribution in [0.25, 0.3) is 10.9 Å². The molecule has 0 unspecified atom stereocenters. The molecule has 9 heteroatoms. The largest absolute Gasteiger partial charge is 0.481 e. The third kappa shape index (κ3) is 4.21. The summed E-state index contributed by atoms with van der Waals surface area (Å²) in [5, 5.41) is 13.7. The predicted octanol–water partition coefficient (Wildman–Crippen LogP) is 4.91. The topological polar surface area (TPSA) is 55.1 Å². The summed E-state index contributed by atoms with van der Waals surface area (Å²) >= 11 is 6.01. The van der Waals surface area contributed by atoms with Gasteiger partial charge in [0.2, 0.25) is 0 Å². The molecule has 0 saturated carbocycles. The van der Waals surface area contributed by atoms with Gasteiger partial charge in [-0.1, -0.05) is 23.7 Å². The van der Waals surface area contributed by atoms with E-state index >= 15 is 0 Å². The molecule has 0 atom stereocenters. The zero-order valence-corrected chi connectivity index (χ0v) is 14.5. The molecule has 0 fully saturated rings. The van der Waals surface area contributed by atoms with Gasteiger partial charge in [0.05, 0.1) is 29.7 Å². The van der Waals surface area contributed by atoms with Crippen molar-refractivity contribution in [1.82, 2.24) is 9.78 Å². The Kier molecular flexibility index (Phi) is 5.10. The molecule has 3 rings (SSSR count). The number of carboxylic acids is 1. The zero-order valence-electron chi connectivity index (χ0n) is 13.7. The van der Waals surface area contributed by atoms with Crippen LogP contribution in [-0.2, 0) is 23.9 Å². The molecule has 0 radical (unpaired) electrons. The van der Waals surface area contributed by atoms with Gasteiger partial charge in [0.1, 0.15) is 5.82 Å². The van der Waals surface area contributed by atoms with E-state index in [2.05, 4.69) is 5.10 Å². The lowest BCUT2D eigenvalue weighted by molar-refractivity contribution is -0.138. The molecule has 1 aromatic heterocycles. The van der Waals surface area contributed by atoms with Gasteiger partial charge in [0, 0.05) is 16.8 Å². The fourth-order valence-corrected chi connectivity index (χ4v) is 2.99. The average Bonchev–Trinajstić information content (AvgIpc) is 2.92. The minimum atomic E-state index is -4.53. The van der Waals surface area contributed by atoms with Crippen LogP contribution in [0.15, 0.2) is 36.4 Å². The van der Waals surface area contributed by atoms with E-state index in [0.29, 0.717) is 16.6 Å². The number of hydrogen-bond acceptors (Lipinski definition) is 2. The van der Waals surface area contributed by atoms with Crippen molar-refractivity contribution in [2.75, 3.05) is 0 Å². The molecule has 0 spiro atoms. The second kappa shape index (κ2) is 7.19. The number of carbonyl (C=O) groups is 1. The number of hydrogen-bond donors (Lipinski definition) is 1. The van der Waals surface area contributed by atoms with Crippen LogP contribution in [0, 0.1) is 5.82 Å². The molecule has 1 heterocycles. The molecular formula is C18H13ClF4N2O2. The normalized spacial score (nSPS) is 11.9. The van der Waals surface area contributed by atoms with Gasteiger partial charge in [-0.05, 0) is 29.8 Å². The Balaban J connectivity index is 2.09. The van der Waals surface area contributed by atoms with Crippen LogP contribution in [0.5, 0.6) is 0 Å². The quantitative estimate of drug-likeness (QED) is 0.619. The summed E-state index contributed by atoms with van der Waals surface area (Å²) in [7, 11) is 0. The van der Waals surface area contributed by atoms with Crippen molar-refractivity contribution in [3.8, 4) is 0 Å². The average molecular weight is 401 g/mol. The second-order valence-electron chi connectivity index (χ2n) is 5.96. The third-order valence-electron chi connectivity index (χ3n) is 4.07. The molecule has 1 N–H and O–H groups in total. The van der Waals surface area contributed by atoms with E-state index in [-0.39, 0.29) is 29.9 Å². The first-order chi connectivity index (χ1) is 12.6. The summed E-state index contributed by atoms with van der Waals surface area (Å²) < 4.78 is 53.8. The molecule has 0 aliphatic carbocycles. The van der Waals surface area contributed by atoms with Gasteiger partial charge in [0.25, 0.3) is 0 Å². The van der Waals surface area contributed by atoms with E-state index in [1.165, 1.54) is 22.9 Å². The molecule has 27 heavy (non-hydrogen) atoms. The molecular weight excluding hydrogens is 388 g/mol. The summed E-state index contributed by atoms with van der Waals surface area (Å²) in [6, 6.07) is 6.91. The minimum Gasteiger partial charge on any atom is -0.481 e. The number of rotatable bonds is 5. The summed E-state index contributed by atoms with van der Waals surface area (Å²) in [6.45, 7) is 0.0179. The van der Waals surface area contributed by atoms with Crippen molar-refractivity contribution >= 4 is 28.5 Å². The van der Waals surface area contributed by atoms with Gasteiger partial charge in [-0.2, -0.15) is 18.3 Å². The summed E-state index contributed by atoms with van der Waals surface area (Å²) in [5.74, 6) is -1.57. The monoisotopic (exact) mass is 400 g/mol. The number of aromatic nitrogens is 2. The fourth-order valence-electron chi connectivity index (χ4n) is 2.76. The van der Waals surface area contributed by atoms with E-state index in [1.54, 1.807) is 0 Å². The number of aliphatic carboxylic acids is 1. The smallest absolute Gasteiger partial charge is 0.416 e. The first kappa shape index (κ1) is 19.2. The Morgan fingerprint density at radius 1 is 1.19 bits per heavy atom. The first-order valence-corrected chi connectivity index (χ1v) is 8.25. The van der Waals surface area contributed by atoms with Crippen molar-refractivity contribution in [3.05, 3.63) is 64.1 Å². The number of carboxylic acid groups (broad SMARTS) is 1. The molecule has 0 aliphatic heterocycles. The number of halogens is 5. The zero-order chi connectivity index (χ0) is 19.8. The van der Waals surface area contributed by atoms with E-state index in [9.17, 15) is 22.4 Å². The Morgan fingerprint density at radius 3 is 2.56 bits per heavy atom. The molecule has 0 bridgehead atoms. The molecule has 3 aromatic rings. The second-order valence-corrected chi connectivity index (χ2v) is 6.37. The van der Waals surface area contributed by atoms with E-state index < -0.39 is 23.5 Å². The molecule has 142 valence electrons. The Hall–Kier alpha value is -2.61. The lowest BCUT2D eigenvalue weighted by Crippen LogP contribution is -2.06. The van der Waals surface area contributed by atoms with Gasteiger partial charge >= 0.3 is 12.1 Å². The first-order valence-electron chi connectivity index (χ1n) is 7.87. The van der Waals surface area contributed by atoms with Gasteiger partial charge in [-0.15, -0.1) is 0 Å². The van der Waals surface area contributed by atoms with Crippen LogP contribution in [-0.4, -0.2) is 20.9 Å². The maximum atomic E-state index is 13.2. The highest BCUT2D eigenvalue weighted by atomic mass is 35.5. The third-order valence-corrected chi connectivity index (χ3v) is 4.42. The highest BCUT2D eigenvalue weighted by Gasteiger charge is 2.31. The lowest BCUT2D eigenvalue weighted by Gasteiger charge is -2.09. The van der Waals surface area contributed by atoms with Crippen molar-refractivity contribution in [3.63, 3.8) is 0 Å². The van der Waals surface area contributed by atoms with Crippen molar-refractivity contribution in [2.24, 2.45) is 0 Å². The Morgan fingerprint density at radius 2 is 1.93 bits per heavy atom. The fraction of sp³-hybridized carbons (Fsp3) is 0.222. The Labute approximate surface area is 156 Å². The van der Waals surface area contributed by atoms with Crippen LogP contribution in [0.3, 0.4) is 0 Å². The van der Waals surface area contributed by atoms with Crippen molar-refractivity contribution in [1.29, 1.82) is 0 Å². The summed E-state index contributed by atoms with van der Waals surface area (Å²) in [4.78, 5) is 10.8. The van der Waals surface area contributed by atoms with Gasteiger partial charge < -0.3 is 5.11 Å². The number of benzene rings is 2. The van der Waals surface area contributed by atoms with Gasteiger partial charge in [-0.3, -0.25) is 9.48 Å². The van der Waals surface area contributed by atoms with E-state index in [4.69, 9.17) is 16.7 Å². The molecule has 2 aromatic carbocycles. The van der Waals surface area contributed by atoms with Crippen LogP contribution in [0.4, 0.5) is 17.6 Å². The maximum Gasteiger partial charge on any atom is 0.416 e. The molecule has 0 aliphatic rings. The maximum absolute atomic E-state index is 13.2.